The Labute approximate surface area is 162 Å². The van der Waals surface area contributed by atoms with Crippen LogP contribution in [0, 0.1) is 11.7 Å². The minimum Gasteiger partial charge on any atom is -0.356 e. The topological polar surface area (TPSA) is 49.4 Å². The number of carbonyl (C=O) groups is 2. The highest BCUT2D eigenvalue weighted by Gasteiger charge is 2.27. The van der Waals surface area contributed by atoms with Crippen molar-refractivity contribution in [1.29, 1.82) is 0 Å². The maximum atomic E-state index is 13.0. The standard InChI is InChI=1S/C22H33FN2O2/c1-2-3-4-5-6-7-8-15-24-21(26)18-13-16-25(17-14-18)22(27)19-9-11-20(23)12-10-19/h9-12,18H,2-8,13-17H2,1H3,(H,24,26). The van der Waals surface area contributed by atoms with Gasteiger partial charge in [0.05, 0.1) is 0 Å². The van der Waals surface area contributed by atoms with E-state index in [9.17, 15) is 14.0 Å². The van der Waals surface area contributed by atoms with Crippen molar-refractivity contribution in [2.24, 2.45) is 5.92 Å². The number of halogens is 1. The number of amides is 2. The molecule has 1 aromatic carbocycles. The molecule has 0 atom stereocenters. The zero-order valence-electron chi connectivity index (χ0n) is 16.5. The lowest BCUT2D eigenvalue weighted by atomic mass is 9.95. The molecule has 4 nitrogen and oxygen atoms in total. The molecule has 5 heteroatoms. The number of piperidine rings is 1. The normalized spacial score (nSPS) is 15.0. The van der Waals surface area contributed by atoms with Crippen LogP contribution in [0.25, 0.3) is 0 Å². The van der Waals surface area contributed by atoms with Crippen molar-refractivity contribution in [3.63, 3.8) is 0 Å². The zero-order chi connectivity index (χ0) is 19.5. The number of unbranched alkanes of at least 4 members (excludes halogenated alkanes) is 6. The van der Waals surface area contributed by atoms with Crippen LogP contribution in [0.1, 0.15) is 75.1 Å². The summed E-state index contributed by atoms with van der Waals surface area (Å²) < 4.78 is 13.0. The van der Waals surface area contributed by atoms with Crippen LogP contribution < -0.4 is 5.32 Å². The van der Waals surface area contributed by atoms with E-state index >= 15 is 0 Å². The molecule has 1 N–H and O–H groups in total. The first-order chi connectivity index (χ1) is 13.1. The Morgan fingerprint density at radius 3 is 2.22 bits per heavy atom. The zero-order valence-corrected chi connectivity index (χ0v) is 16.5. The van der Waals surface area contributed by atoms with Gasteiger partial charge in [0.2, 0.25) is 5.91 Å². The van der Waals surface area contributed by atoms with E-state index in [1.807, 2.05) is 0 Å². The molecule has 1 aliphatic heterocycles. The Kier molecular flexibility index (Phi) is 9.29. The molecule has 1 fully saturated rings. The Hall–Kier alpha value is -1.91. The van der Waals surface area contributed by atoms with E-state index in [1.165, 1.54) is 62.8 Å². The number of nitrogens with zero attached hydrogens (tertiary/aromatic N) is 1. The van der Waals surface area contributed by atoms with Gasteiger partial charge in [0, 0.05) is 31.1 Å². The summed E-state index contributed by atoms with van der Waals surface area (Å²) in [4.78, 5) is 26.5. The number of carbonyl (C=O) groups excluding carboxylic acids is 2. The quantitative estimate of drug-likeness (QED) is 0.609. The predicted octanol–water partition coefficient (Wildman–Crippen LogP) is 4.54. The number of benzene rings is 1. The Balaban J connectivity index is 1.61. The Bertz CT molecular complexity index is 580. The predicted molar refractivity (Wildman–Crippen MR) is 106 cm³/mol. The van der Waals surface area contributed by atoms with E-state index in [0.29, 0.717) is 31.5 Å². The third kappa shape index (κ3) is 7.31. The largest absolute Gasteiger partial charge is 0.356 e. The van der Waals surface area contributed by atoms with Gasteiger partial charge in [0.15, 0.2) is 0 Å². The molecule has 0 unspecified atom stereocenters. The van der Waals surface area contributed by atoms with Gasteiger partial charge in [-0.3, -0.25) is 9.59 Å². The minimum absolute atomic E-state index is 0.00757. The fourth-order valence-corrected chi connectivity index (χ4v) is 3.56. The SMILES string of the molecule is CCCCCCCCCNC(=O)C1CCN(C(=O)c2ccc(F)cc2)CC1. The fraction of sp³-hybridized carbons (Fsp3) is 0.636. The lowest BCUT2D eigenvalue weighted by Gasteiger charge is -2.31. The van der Waals surface area contributed by atoms with Gasteiger partial charge in [0.25, 0.3) is 5.91 Å². The van der Waals surface area contributed by atoms with E-state index < -0.39 is 0 Å². The van der Waals surface area contributed by atoms with Crippen LogP contribution in [0.4, 0.5) is 4.39 Å². The number of hydrogen-bond acceptors (Lipinski definition) is 2. The van der Waals surface area contributed by atoms with Gasteiger partial charge in [-0.05, 0) is 43.5 Å². The first kappa shape index (κ1) is 21.4. The summed E-state index contributed by atoms with van der Waals surface area (Å²) in [6, 6.07) is 5.63. The van der Waals surface area contributed by atoms with Gasteiger partial charge >= 0.3 is 0 Å². The van der Waals surface area contributed by atoms with E-state index in [0.717, 1.165) is 13.0 Å². The molecule has 27 heavy (non-hydrogen) atoms. The molecular weight excluding hydrogens is 343 g/mol. The second-order valence-corrected chi connectivity index (χ2v) is 7.49. The molecule has 0 bridgehead atoms. The van der Waals surface area contributed by atoms with Crippen LogP contribution in [-0.2, 0) is 4.79 Å². The lowest BCUT2D eigenvalue weighted by molar-refractivity contribution is -0.126. The van der Waals surface area contributed by atoms with E-state index in [4.69, 9.17) is 0 Å². The van der Waals surface area contributed by atoms with Gasteiger partial charge in [-0.25, -0.2) is 4.39 Å². The van der Waals surface area contributed by atoms with Gasteiger partial charge in [0.1, 0.15) is 5.82 Å². The smallest absolute Gasteiger partial charge is 0.253 e. The monoisotopic (exact) mass is 376 g/mol. The maximum absolute atomic E-state index is 13.0. The molecule has 1 saturated heterocycles. The van der Waals surface area contributed by atoms with Crippen LogP contribution in [-0.4, -0.2) is 36.3 Å². The third-order valence-electron chi connectivity index (χ3n) is 5.32. The summed E-state index contributed by atoms with van der Waals surface area (Å²) >= 11 is 0. The molecule has 1 heterocycles. The average Bonchev–Trinajstić information content (AvgIpc) is 2.70. The van der Waals surface area contributed by atoms with Crippen molar-refractivity contribution >= 4 is 11.8 Å². The molecule has 1 aliphatic rings. The third-order valence-corrected chi connectivity index (χ3v) is 5.32. The second-order valence-electron chi connectivity index (χ2n) is 7.49. The van der Waals surface area contributed by atoms with Gasteiger partial charge < -0.3 is 10.2 Å². The number of likely N-dealkylation sites (tertiary alicyclic amines) is 1. The summed E-state index contributed by atoms with van der Waals surface area (Å²) in [5, 5.41) is 3.05. The average molecular weight is 377 g/mol. The highest BCUT2D eigenvalue weighted by atomic mass is 19.1. The Morgan fingerprint density at radius 2 is 1.59 bits per heavy atom. The molecule has 0 aliphatic carbocycles. The summed E-state index contributed by atoms with van der Waals surface area (Å²) in [5.41, 5.74) is 0.498. The molecular formula is C22H33FN2O2. The Morgan fingerprint density at radius 1 is 1.00 bits per heavy atom. The molecule has 0 saturated carbocycles. The van der Waals surface area contributed by atoms with Crippen LogP contribution in [0.2, 0.25) is 0 Å². The van der Waals surface area contributed by atoms with Crippen LogP contribution in [0.5, 0.6) is 0 Å². The van der Waals surface area contributed by atoms with Crippen molar-refractivity contribution in [3.8, 4) is 0 Å². The van der Waals surface area contributed by atoms with E-state index in [1.54, 1.807) is 4.90 Å². The number of rotatable bonds is 10. The molecule has 0 radical (unpaired) electrons. The van der Waals surface area contributed by atoms with Gasteiger partial charge in [-0.2, -0.15) is 0 Å². The van der Waals surface area contributed by atoms with Gasteiger partial charge in [-0.15, -0.1) is 0 Å². The first-order valence-corrected chi connectivity index (χ1v) is 10.4. The second kappa shape index (κ2) is 11.7. The van der Waals surface area contributed by atoms with E-state index in [-0.39, 0.29) is 23.5 Å². The van der Waals surface area contributed by atoms with Crippen molar-refractivity contribution in [1.82, 2.24) is 10.2 Å². The highest BCUT2D eigenvalue weighted by molar-refractivity contribution is 5.94. The summed E-state index contributed by atoms with van der Waals surface area (Å²) in [5.74, 6) is -0.318. The molecule has 0 aromatic heterocycles. The molecule has 2 rings (SSSR count). The molecule has 2 amide bonds. The molecule has 0 spiro atoms. The van der Waals surface area contributed by atoms with Crippen molar-refractivity contribution in [3.05, 3.63) is 35.6 Å². The highest BCUT2D eigenvalue weighted by Crippen LogP contribution is 2.19. The molecule has 1 aromatic rings. The summed E-state index contributed by atoms with van der Waals surface area (Å²) in [6.07, 6.45) is 10.0. The van der Waals surface area contributed by atoms with Crippen LogP contribution in [0.15, 0.2) is 24.3 Å². The maximum Gasteiger partial charge on any atom is 0.253 e. The van der Waals surface area contributed by atoms with Crippen LogP contribution >= 0.6 is 0 Å². The minimum atomic E-state index is -0.345. The van der Waals surface area contributed by atoms with Gasteiger partial charge in [-0.1, -0.05) is 45.4 Å². The summed E-state index contributed by atoms with van der Waals surface area (Å²) in [6.45, 7) is 4.12. The number of hydrogen-bond donors (Lipinski definition) is 1. The molecule has 150 valence electrons. The van der Waals surface area contributed by atoms with E-state index in [2.05, 4.69) is 12.2 Å². The number of nitrogens with one attached hydrogen (secondary N) is 1. The van der Waals surface area contributed by atoms with Crippen LogP contribution in [0.3, 0.4) is 0 Å². The fourth-order valence-electron chi connectivity index (χ4n) is 3.56. The summed E-state index contributed by atoms with van der Waals surface area (Å²) in [7, 11) is 0. The van der Waals surface area contributed by atoms with Crippen molar-refractivity contribution in [2.75, 3.05) is 19.6 Å². The van der Waals surface area contributed by atoms with Crippen molar-refractivity contribution in [2.45, 2.75) is 64.7 Å². The first-order valence-electron chi connectivity index (χ1n) is 10.4. The lowest BCUT2D eigenvalue weighted by Crippen LogP contribution is -2.43. The van der Waals surface area contributed by atoms with Crippen molar-refractivity contribution < 1.29 is 14.0 Å².